The highest BCUT2D eigenvalue weighted by atomic mass is 79.9. The van der Waals surface area contributed by atoms with E-state index in [0.29, 0.717) is 17.7 Å². The second-order valence-electron chi connectivity index (χ2n) is 4.63. The lowest BCUT2D eigenvalue weighted by molar-refractivity contribution is 0.0690. The molecule has 2 N–H and O–H groups in total. The van der Waals surface area contributed by atoms with Gasteiger partial charge in [0.05, 0.1) is 17.7 Å². The van der Waals surface area contributed by atoms with Gasteiger partial charge >= 0.3 is 5.97 Å². The molecule has 0 radical (unpaired) electrons. The molecule has 0 aliphatic rings. The standard InChI is InChI=1S/C15H14BrNO3S/c1-8-3-4-9(2)13(15(19)20)12(8)14(18)17-7-11-10(16)5-6-21-11/h3-6H,7H2,1-2H3,(H,17,18)(H,19,20). The lowest BCUT2D eigenvalue weighted by atomic mass is 9.96. The minimum absolute atomic E-state index is 0.0674. The van der Waals surface area contributed by atoms with Crippen molar-refractivity contribution in [1.29, 1.82) is 0 Å². The zero-order valence-corrected chi connectivity index (χ0v) is 14.0. The Hall–Kier alpha value is -1.66. The summed E-state index contributed by atoms with van der Waals surface area (Å²) in [5, 5.41) is 14.0. The van der Waals surface area contributed by atoms with E-state index in [1.165, 1.54) is 11.3 Å². The van der Waals surface area contributed by atoms with Gasteiger partial charge in [-0.1, -0.05) is 12.1 Å². The monoisotopic (exact) mass is 367 g/mol. The van der Waals surface area contributed by atoms with Gasteiger partial charge in [-0.2, -0.15) is 0 Å². The minimum Gasteiger partial charge on any atom is -0.478 e. The molecular weight excluding hydrogens is 354 g/mol. The van der Waals surface area contributed by atoms with Gasteiger partial charge in [0.2, 0.25) is 0 Å². The Balaban J connectivity index is 2.29. The summed E-state index contributed by atoms with van der Waals surface area (Å²) < 4.78 is 0.937. The van der Waals surface area contributed by atoms with E-state index in [9.17, 15) is 14.7 Å². The summed E-state index contributed by atoms with van der Waals surface area (Å²) in [6, 6.07) is 5.38. The van der Waals surface area contributed by atoms with Gasteiger partial charge in [0, 0.05) is 9.35 Å². The van der Waals surface area contributed by atoms with Crippen molar-refractivity contribution in [3.05, 3.63) is 55.2 Å². The van der Waals surface area contributed by atoms with E-state index in [-0.39, 0.29) is 17.0 Å². The predicted octanol–water partition coefficient (Wildman–Crippen LogP) is 3.76. The first-order valence-corrected chi connectivity index (χ1v) is 7.92. The molecule has 2 aromatic rings. The maximum Gasteiger partial charge on any atom is 0.336 e. The van der Waals surface area contributed by atoms with E-state index in [4.69, 9.17) is 0 Å². The van der Waals surface area contributed by atoms with Gasteiger partial charge in [-0.05, 0) is 52.4 Å². The van der Waals surface area contributed by atoms with Crippen molar-refractivity contribution in [2.24, 2.45) is 0 Å². The first kappa shape index (κ1) is 15.7. The Morgan fingerprint density at radius 3 is 2.33 bits per heavy atom. The van der Waals surface area contributed by atoms with E-state index >= 15 is 0 Å². The molecule has 0 saturated heterocycles. The Kier molecular flexibility index (Phi) is 4.80. The maximum atomic E-state index is 12.4. The first-order valence-electron chi connectivity index (χ1n) is 6.25. The Morgan fingerprint density at radius 2 is 1.81 bits per heavy atom. The molecule has 2 rings (SSSR count). The summed E-state index contributed by atoms with van der Waals surface area (Å²) in [6.07, 6.45) is 0. The van der Waals surface area contributed by atoms with Crippen LogP contribution in [0, 0.1) is 13.8 Å². The molecular formula is C15H14BrNO3S. The number of thiophene rings is 1. The van der Waals surface area contributed by atoms with Gasteiger partial charge in [0.1, 0.15) is 0 Å². The van der Waals surface area contributed by atoms with Gasteiger partial charge in [0.15, 0.2) is 0 Å². The number of rotatable bonds is 4. The van der Waals surface area contributed by atoms with Crippen molar-refractivity contribution >= 4 is 39.1 Å². The molecule has 1 aromatic heterocycles. The summed E-state index contributed by atoms with van der Waals surface area (Å²) >= 11 is 4.93. The Morgan fingerprint density at radius 1 is 1.19 bits per heavy atom. The van der Waals surface area contributed by atoms with E-state index in [0.717, 1.165) is 9.35 Å². The molecule has 1 heterocycles. The highest BCUT2D eigenvalue weighted by Crippen LogP contribution is 2.23. The molecule has 1 amide bonds. The molecule has 110 valence electrons. The fraction of sp³-hybridized carbons (Fsp3) is 0.200. The molecule has 0 fully saturated rings. The van der Waals surface area contributed by atoms with Crippen LogP contribution in [0.15, 0.2) is 28.1 Å². The number of benzene rings is 1. The third-order valence-corrected chi connectivity index (χ3v) is 5.09. The van der Waals surface area contributed by atoms with Crippen LogP contribution in [0.2, 0.25) is 0 Å². The smallest absolute Gasteiger partial charge is 0.336 e. The molecule has 0 bridgehead atoms. The Labute approximate surface area is 134 Å². The largest absolute Gasteiger partial charge is 0.478 e. The average Bonchev–Trinajstić information content (AvgIpc) is 2.83. The number of aryl methyl sites for hydroxylation is 2. The normalized spacial score (nSPS) is 10.4. The number of carboxylic acids is 1. The van der Waals surface area contributed by atoms with Crippen LogP contribution >= 0.6 is 27.3 Å². The molecule has 6 heteroatoms. The van der Waals surface area contributed by atoms with Crippen molar-refractivity contribution < 1.29 is 14.7 Å². The summed E-state index contributed by atoms with van der Waals surface area (Å²) in [4.78, 5) is 24.8. The molecule has 0 atom stereocenters. The number of carbonyl (C=O) groups excluding carboxylic acids is 1. The third-order valence-electron chi connectivity index (χ3n) is 3.16. The van der Waals surface area contributed by atoms with E-state index in [2.05, 4.69) is 21.2 Å². The highest BCUT2D eigenvalue weighted by Gasteiger charge is 2.21. The van der Waals surface area contributed by atoms with E-state index in [1.54, 1.807) is 26.0 Å². The molecule has 0 spiro atoms. The average molecular weight is 368 g/mol. The molecule has 0 saturated carbocycles. The van der Waals surface area contributed by atoms with Gasteiger partial charge in [-0.25, -0.2) is 4.79 Å². The van der Waals surface area contributed by atoms with Crippen molar-refractivity contribution in [3.8, 4) is 0 Å². The Bertz CT molecular complexity index is 709. The summed E-state index contributed by atoms with van der Waals surface area (Å²) in [6.45, 7) is 3.79. The van der Waals surface area contributed by atoms with Crippen LogP contribution in [0.5, 0.6) is 0 Å². The molecule has 0 aliphatic heterocycles. The van der Waals surface area contributed by atoms with Crippen LogP contribution in [-0.4, -0.2) is 17.0 Å². The van der Waals surface area contributed by atoms with Gasteiger partial charge in [0.25, 0.3) is 5.91 Å². The zero-order chi connectivity index (χ0) is 15.6. The lowest BCUT2D eigenvalue weighted by Gasteiger charge is -2.12. The van der Waals surface area contributed by atoms with Crippen LogP contribution in [-0.2, 0) is 6.54 Å². The predicted molar refractivity (Wildman–Crippen MR) is 86.1 cm³/mol. The van der Waals surface area contributed by atoms with E-state index < -0.39 is 5.97 Å². The number of aromatic carboxylic acids is 1. The third kappa shape index (κ3) is 3.33. The van der Waals surface area contributed by atoms with Crippen LogP contribution < -0.4 is 5.32 Å². The number of nitrogens with one attached hydrogen (secondary N) is 1. The van der Waals surface area contributed by atoms with Crippen LogP contribution in [0.1, 0.15) is 36.7 Å². The quantitative estimate of drug-likeness (QED) is 0.864. The summed E-state index contributed by atoms with van der Waals surface area (Å²) in [5.74, 6) is -1.45. The summed E-state index contributed by atoms with van der Waals surface area (Å²) in [5.41, 5.74) is 1.53. The SMILES string of the molecule is Cc1ccc(C)c(C(=O)NCc2sccc2Br)c1C(=O)O. The first-order chi connectivity index (χ1) is 9.91. The second kappa shape index (κ2) is 6.41. The van der Waals surface area contributed by atoms with Gasteiger partial charge in [-0.15, -0.1) is 11.3 Å². The minimum atomic E-state index is -1.08. The van der Waals surface area contributed by atoms with Gasteiger partial charge < -0.3 is 10.4 Å². The van der Waals surface area contributed by atoms with E-state index in [1.807, 2.05) is 11.4 Å². The molecule has 0 aliphatic carbocycles. The lowest BCUT2D eigenvalue weighted by Crippen LogP contribution is -2.26. The zero-order valence-electron chi connectivity index (χ0n) is 11.6. The topological polar surface area (TPSA) is 66.4 Å². The maximum absolute atomic E-state index is 12.4. The number of hydrogen-bond acceptors (Lipinski definition) is 3. The van der Waals surface area contributed by atoms with Crippen LogP contribution in [0.4, 0.5) is 0 Å². The van der Waals surface area contributed by atoms with Crippen LogP contribution in [0.3, 0.4) is 0 Å². The number of carboxylic acid groups (broad SMARTS) is 1. The van der Waals surface area contributed by atoms with Crippen molar-refractivity contribution in [2.45, 2.75) is 20.4 Å². The number of carbonyl (C=O) groups is 2. The molecule has 21 heavy (non-hydrogen) atoms. The number of amides is 1. The molecule has 0 unspecified atom stereocenters. The van der Waals surface area contributed by atoms with Crippen molar-refractivity contribution in [2.75, 3.05) is 0 Å². The summed E-state index contributed by atoms with van der Waals surface area (Å²) in [7, 11) is 0. The number of hydrogen-bond donors (Lipinski definition) is 2. The number of halogens is 1. The molecule has 4 nitrogen and oxygen atoms in total. The molecule has 1 aromatic carbocycles. The second-order valence-corrected chi connectivity index (χ2v) is 6.48. The van der Waals surface area contributed by atoms with Crippen molar-refractivity contribution in [3.63, 3.8) is 0 Å². The van der Waals surface area contributed by atoms with Crippen molar-refractivity contribution in [1.82, 2.24) is 5.32 Å². The van der Waals surface area contributed by atoms with Gasteiger partial charge in [-0.3, -0.25) is 4.79 Å². The highest BCUT2D eigenvalue weighted by molar-refractivity contribution is 9.10. The fourth-order valence-electron chi connectivity index (χ4n) is 2.08. The van der Waals surface area contributed by atoms with Crippen LogP contribution in [0.25, 0.3) is 0 Å². The fourth-order valence-corrected chi connectivity index (χ4v) is 3.51.